The van der Waals surface area contributed by atoms with Crippen molar-refractivity contribution in [1.82, 2.24) is 24.8 Å². The molecule has 0 bridgehead atoms. The van der Waals surface area contributed by atoms with E-state index in [1.807, 2.05) is 24.0 Å². The molecule has 1 amide bonds. The van der Waals surface area contributed by atoms with Gasteiger partial charge in [-0.25, -0.2) is 9.97 Å². The summed E-state index contributed by atoms with van der Waals surface area (Å²) in [7, 11) is 0. The Kier molecular flexibility index (Phi) is 5.61. The molecule has 2 aromatic rings. The van der Waals surface area contributed by atoms with Gasteiger partial charge in [-0.1, -0.05) is 13.8 Å². The van der Waals surface area contributed by atoms with Crippen molar-refractivity contribution < 1.29 is 9.53 Å². The molecule has 2 aromatic heterocycles. The first-order valence-corrected chi connectivity index (χ1v) is 10.4. The van der Waals surface area contributed by atoms with Crippen LogP contribution in [0.2, 0.25) is 0 Å². The van der Waals surface area contributed by atoms with Crippen LogP contribution in [-0.4, -0.2) is 75.6 Å². The zero-order valence-electron chi connectivity index (χ0n) is 17.5. The minimum Gasteiger partial charge on any atom is -0.370 e. The molecule has 4 rings (SSSR count). The highest BCUT2D eigenvalue weighted by molar-refractivity contribution is 5.95. The minimum absolute atomic E-state index is 0.00905. The van der Waals surface area contributed by atoms with Crippen molar-refractivity contribution in [3.63, 3.8) is 0 Å². The highest BCUT2D eigenvalue weighted by atomic mass is 16.5. The van der Waals surface area contributed by atoms with Crippen molar-refractivity contribution in [3.05, 3.63) is 42.0 Å². The Bertz CT molecular complexity index is 873. The van der Waals surface area contributed by atoms with E-state index in [4.69, 9.17) is 4.74 Å². The molecule has 1 spiro atoms. The van der Waals surface area contributed by atoms with Crippen LogP contribution in [0.15, 0.2) is 30.7 Å². The monoisotopic (exact) mass is 395 g/mol. The van der Waals surface area contributed by atoms with Crippen LogP contribution in [0.1, 0.15) is 36.3 Å². The first-order chi connectivity index (χ1) is 14.0. The lowest BCUT2D eigenvalue weighted by atomic mass is 10.00. The van der Waals surface area contributed by atoms with Gasteiger partial charge in [0.15, 0.2) is 5.82 Å². The normalized spacial score (nSPS) is 22.6. The van der Waals surface area contributed by atoms with Gasteiger partial charge < -0.3 is 14.5 Å². The third-order valence-electron chi connectivity index (χ3n) is 5.68. The van der Waals surface area contributed by atoms with Crippen molar-refractivity contribution in [2.24, 2.45) is 5.92 Å². The maximum atomic E-state index is 13.2. The second-order valence-electron chi connectivity index (χ2n) is 8.57. The van der Waals surface area contributed by atoms with Crippen molar-refractivity contribution in [2.75, 3.05) is 39.3 Å². The predicted octanol–water partition coefficient (Wildman–Crippen LogP) is 2.42. The fourth-order valence-corrected chi connectivity index (χ4v) is 4.35. The van der Waals surface area contributed by atoms with Gasteiger partial charge in [0.05, 0.1) is 30.0 Å². The Balaban J connectivity index is 1.48. The lowest BCUT2D eigenvalue weighted by molar-refractivity contribution is -0.0919. The Morgan fingerprint density at radius 3 is 2.86 bits per heavy atom. The average Bonchev–Trinajstić information content (AvgIpc) is 3.08. The largest absolute Gasteiger partial charge is 0.370 e. The molecule has 29 heavy (non-hydrogen) atoms. The fraction of sp³-hybridized carbons (Fsp3) is 0.545. The van der Waals surface area contributed by atoms with Gasteiger partial charge in [0.25, 0.3) is 5.91 Å². The first kappa shape index (κ1) is 19.9. The van der Waals surface area contributed by atoms with Crippen LogP contribution in [0.3, 0.4) is 0 Å². The summed E-state index contributed by atoms with van der Waals surface area (Å²) in [4.78, 5) is 30.7. The molecule has 2 saturated heterocycles. The Morgan fingerprint density at radius 1 is 1.28 bits per heavy atom. The Morgan fingerprint density at radius 2 is 2.14 bits per heavy atom. The van der Waals surface area contributed by atoms with E-state index in [1.165, 1.54) is 0 Å². The maximum absolute atomic E-state index is 13.2. The second kappa shape index (κ2) is 8.16. The number of nitrogens with zero attached hydrogens (tertiary/aromatic N) is 5. The summed E-state index contributed by atoms with van der Waals surface area (Å²) in [5, 5.41) is 0. The lowest BCUT2D eigenvalue weighted by Gasteiger charge is -2.40. The lowest BCUT2D eigenvalue weighted by Crippen LogP contribution is -2.55. The van der Waals surface area contributed by atoms with Gasteiger partial charge in [0.1, 0.15) is 0 Å². The van der Waals surface area contributed by atoms with Gasteiger partial charge >= 0.3 is 0 Å². The van der Waals surface area contributed by atoms with Crippen molar-refractivity contribution in [2.45, 2.75) is 32.8 Å². The number of aromatic nitrogens is 3. The number of likely N-dealkylation sites (tertiary alicyclic amines) is 1. The average molecular weight is 396 g/mol. The second-order valence-corrected chi connectivity index (χ2v) is 8.57. The molecule has 2 aliphatic rings. The number of morpholine rings is 1. The highest BCUT2D eigenvalue weighted by Gasteiger charge is 2.44. The van der Waals surface area contributed by atoms with E-state index in [0.29, 0.717) is 42.7 Å². The molecular formula is C22H29N5O2. The standard InChI is InChI=1S/C22H29N5O2/c1-16(2)13-26-8-6-22(14-26)15-27(9-10-29-22)21(28)19-12-24-20(25-17(19)3)18-5-4-7-23-11-18/h4-5,7,11-12,16H,6,8-10,13-15H2,1-3H3. The first-order valence-electron chi connectivity index (χ1n) is 10.4. The summed E-state index contributed by atoms with van der Waals surface area (Å²) in [5.41, 5.74) is 1.85. The quantitative estimate of drug-likeness (QED) is 0.792. The van der Waals surface area contributed by atoms with Gasteiger partial charge in [-0.2, -0.15) is 0 Å². The van der Waals surface area contributed by atoms with E-state index in [0.717, 1.165) is 31.6 Å². The third-order valence-corrected chi connectivity index (χ3v) is 5.68. The summed E-state index contributed by atoms with van der Waals surface area (Å²) in [6.45, 7) is 11.1. The molecule has 1 atom stereocenters. The maximum Gasteiger partial charge on any atom is 0.257 e. The number of amides is 1. The third kappa shape index (κ3) is 4.31. The molecule has 0 aromatic carbocycles. The summed E-state index contributed by atoms with van der Waals surface area (Å²) >= 11 is 0. The summed E-state index contributed by atoms with van der Waals surface area (Å²) in [6, 6.07) is 3.77. The summed E-state index contributed by atoms with van der Waals surface area (Å²) in [5.74, 6) is 1.21. The number of rotatable bonds is 4. The zero-order valence-corrected chi connectivity index (χ0v) is 17.5. The molecule has 7 heteroatoms. The number of ether oxygens (including phenoxy) is 1. The topological polar surface area (TPSA) is 71.5 Å². The van der Waals surface area contributed by atoms with E-state index in [2.05, 4.69) is 33.7 Å². The van der Waals surface area contributed by atoms with Crippen LogP contribution in [0.25, 0.3) is 11.4 Å². The smallest absolute Gasteiger partial charge is 0.257 e. The van der Waals surface area contributed by atoms with E-state index in [-0.39, 0.29) is 11.5 Å². The molecule has 7 nitrogen and oxygen atoms in total. The van der Waals surface area contributed by atoms with Gasteiger partial charge in [0, 0.05) is 50.3 Å². The van der Waals surface area contributed by atoms with Gasteiger partial charge in [-0.05, 0) is 31.4 Å². The van der Waals surface area contributed by atoms with Crippen molar-refractivity contribution in [1.29, 1.82) is 0 Å². The van der Waals surface area contributed by atoms with Crippen LogP contribution in [0, 0.1) is 12.8 Å². The highest BCUT2D eigenvalue weighted by Crippen LogP contribution is 2.30. The SMILES string of the molecule is Cc1nc(-c2cccnc2)ncc1C(=O)N1CCOC2(CCN(CC(C)C)C2)C1. The van der Waals surface area contributed by atoms with E-state index in [9.17, 15) is 4.79 Å². The molecule has 0 N–H and O–H groups in total. The van der Waals surface area contributed by atoms with Crippen molar-refractivity contribution >= 4 is 5.91 Å². The molecule has 1 unspecified atom stereocenters. The summed E-state index contributed by atoms with van der Waals surface area (Å²) < 4.78 is 6.19. The minimum atomic E-state index is -0.243. The molecule has 154 valence electrons. The number of hydrogen-bond acceptors (Lipinski definition) is 6. The summed E-state index contributed by atoms with van der Waals surface area (Å²) in [6.07, 6.45) is 6.06. The molecule has 0 aliphatic carbocycles. The molecule has 4 heterocycles. The van der Waals surface area contributed by atoms with E-state index < -0.39 is 0 Å². The zero-order chi connectivity index (χ0) is 20.4. The van der Waals surface area contributed by atoms with Crippen molar-refractivity contribution in [3.8, 4) is 11.4 Å². The van der Waals surface area contributed by atoms with E-state index >= 15 is 0 Å². The number of carbonyl (C=O) groups excluding carboxylic acids is 1. The number of carbonyl (C=O) groups is 1. The Hall–Kier alpha value is -2.38. The molecule has 2 aliphatic heterocycles. The number of hydrogen-bond donors (Lipinski definition) is 0. The molecule has 0 radical (unpaired) electrons. The van der Waals surface area contributed by atoms with E-state index in [1.54, 1.807) is 18.6 Å². The van der Waals surface area contributed by atoms with Crippen LogP contribution >= 0.6 is 0 Å². The molecule has 2 fully saturated rings. The number of pyridine rings is 1. The predicted molar refractivity (Wildman–Crippen MR) is 110 cm³/mol. The van der Waals surface area contributed by atoms with Gasteiger partial charge in [0.2, 0.25) is 0 Å². The van der Waals surface area contributed by atoms with Gasteiger partial charge in [-0.3, -0.25) is 9.78 Å². The molecule has 0 saturated carbocycles. The van der Waals surface area contributed by atoms with Crippen LogP contribution in [0.4, 0.5) is 0 Å². The van der Waals surface area contributed by atoms with Gasteiger partial charge in [-0.15, -0.1) is 0 Å². The Labute approximate surface area is 172 Å². The molecular weight excluding hydrogens is 366 g/mol. The van der Waals surface area contributed by atoms with Crippen LogP contribution < -0.4 is 0 Å². The van der Waals surface area contributed by atoms with Crippen LogP contribution in [-0.2, 0) is 4.74 Å². The van der Waals surface area contributed by atoms with Crippen LogP contribution in [0.5, 0.6) is 0 Å². The fourth-order valence-electron chi connectivity index (χ4n) is 4.35. The number of aryl methyl sites for hydroxylation is 1.